The number of aromatic nitrogens is 1. The zero-order valence-electron chi connectivity index (χ0n) is 5.84. The molecule has 12 heavy (non-hydrogen) atoms. The van der Waals surface area contributed by atoms with Crippen LogP contribution in [0.5, 0.6) is 0 Å². The molecule has 0 radical (unpaired) electrons. The third-order valence-corrected chi connectivity index (χ3v) is 2.73. The number of rotatable bonds is 0. The number of anilines is 1. The number of nitrogens with zero attached hydrogens (tertiary/aromatic N) is 1. The summed E-state index contributed by atoms with van der Waals surface area (Å²) in [6.45, 7) is 0. The molecule has 0 aliphatic carbocycles. The second kappa shape index (κ2) is 2.64. The van der Waals surface area contributed by atoms with Gasteiger partial charge >= 0.3 is 0 Å². The number of hydrogen-bond donors (Lipinski definition) is 1. The van der Waals surface area contributed by atoms with Gasteiger partial charge in [-0.15, -0.1) is 0 Å². The number of hydrogen-bond acceptors (Lipinski definition) is 3. The summed E-state index contributed by atoms with van der Waals surface area (Å²) in [7, 11) is 0. The summed E-state index contributed by atoms with van der Waals surface area (Å²) in [5, 5.41) is 0.497. The molecule has 0 aliphatic rings. The highest BCUT2D eigenvalue weighted by molar-refractivity contribution is 9.10. The van der Waals surface area contributed by atoms with Crippen LogP contribution in [-0.2, 0) is 0 Å². The number of halogens is 2. The summed E-state index contributed by atoms with van der Waals surface area (Å²) in [6.07, 6.45) is 0. The van der Waals surface area contributed by atoms with Crippen LogP contribution in [0.2, 0.25) is 5.02 Å². The van der Waals surface area contributed by atoms with Crippen LogP contribution < -0.4 is 5.73 Å². The van der Waals surface area contributed by atoms with E-state index in [1.54, 1.807) is 12.1 Å². The lowest BCUT2D eigenvalue weighted by Gasteiger charge is -1.92. The standard InChI is InChI=1S/C7H4BrClN2O/c8-3-1-2-4-6(5(3)9)12-7(10)11-4/h1-2H,(H2,10,11). The Balaban J connectivity index is 2.89. The first kappa shape index (κ1) is 7.89. The zero-order chi connectivity index (χ0) is 8.72. The SMILES string of the molecule is Nc1nc2ccc(Br)c(Cl)c2o1. The quantitative estimate of drug-likeness (QED) is 0.779. The van der Waals surface area contributed by atoms with Crippen molar-refractivity contribution < 1.29 is 4.42 Å². The number of benzene rings is 1. The predicted molar refractivity (Wildman–Crippen MR) is 51.1 cm³/mol. The van der Waals surface area contributed by atoms with Crippen molar-refractivity contribution in [2.45, 2.75) is 0 Å². The number of fused-ring (bicyclic) bond motifs is 1. The summed E-state index contributed by atoms with van der Waals surface area (Å²) < 4.78 is 5.86. The fourth-order valence-electron chi connectivity index (χ4n) is 0.953. The van der Waals surface area contributed by atoms with E-state index in [4.69, 9.17) is 21.8 Å². The molecule has 1 aromatic heterocycles. The first-order chi connectivity index (χ1) is 5.68. The van der Waals surface area contributed by atoms with E-state index < -0.39 is 0 Å². The van der Waals surface area contributed by atoms with Crippen LogP contribution in [0.15, 0.2) is 21.0 Å². The van der Waals surface area contributed by atoms with E-state index in [0.29, 0.717) is 16.1 Å². The molecule has 62 valence electrons. The fourth-order valence-corrected chi connectivity index (χ4v) is 1.46. The molecule has 0 aliphatic heterocycles. The molecular formula is C7H4BrClN2O. The average Bonchev–Trinajstić information content (AvgIpc) is 2.39. The Morgan fingerprint density at radius 2 is 2.25 bits per heavy atom. The summed E-state index contributed by atoms with van der Waals surface area (Å²) >= 11 is 9.17. The molecule has 0 saturated carbocycles. The normalized spacial score (nSPS) is 10.8. The van der Waals surface area contributed by atoms with Crippen molar-refractivity contribution >= 4 is 44.6 Å². The minimum atomic E-state index is 0.130. The van der Waals surface area contributed by atoms with Crippen molar-refractivity contribution in [3.63, 3.8) is 0 Å². The average molecular weight is 247 g/mol. The van der Waals surface area contributed by atoms with Crippen LogP contribution in [0, 0.1) is 0 Å². The third-order valence-electron chi connectivity index (χ3n) is 1.47. The Hall–Kier alpha value is -0.740. The highest BCUT2D eigenvalue weighted by Gasteiger charge is 2.08. The molecule has 0 spiro atoms. The fraction of sp³-hybridized carbons (Fsp3) is 0. The maximum Gasteiger partial charge on any atom is 0.293 e. The zero-order valence-corrected chi connectivity index (χ0v) is 8.19. The predicted octanol–water partition coefficient (Wildman–Crippen LogP) is 2.83. The number of nitrogens with two attached hydrogens (primary N) is 1. The third kappa shape index (κ3) is 1.07. The molecule has 2 N–H and O–H groups in total. The molecule has 0 bridgehead atoms. The van der Waals surface area contributed by atoms with Crippen LogP contribution in [-0.4, -0.2) is 4.98 Å². The lowest BCUT2D eigenvalue weighted by molar-refractivity contribution is 0.626. The minimum Gasteiger partial charge on any atom is -0.422 e. The second-order valence-electron chi connectivity index (χ2n) is 2.26. The number of oxazole rings is 1. The van der Waals surface area contributed by atoms with Crippen LogP contribution in [0.25, 0.3) is 11.1 Å². The van der Waals surface area contributed by atoms with E-state index in [-0.39, 0.29) is 6.01 Å². The van der Waals surface area contributed by atoms with Gasteiger partial charge in [0.15, 0.2) is 5.58 Å². The Morgan fingerprint density at radius 3 is 3.00 bits per heavy atom. The molecule has 1 heterocycles. The van der Waals surface area contributed by atoms with Gasteiger partial charge in [0.05, 0.1) is 5.02 Å². The minimum absolute atomic E-state index is 0.130. The lowest BCUT2D eigenvalue weighted by atomic mass is 10.3. The van der Waals surface area contributed by atoms with Crippen LogP contribution in [0.3, 0.4) is 0 Å². The molecule has 5 heteroatoms. The van der Waals surface area contributed by atoms with E-state index in [0.717, 1.165) is 4.47 Å². The maximum atomic E-state index is 5.90. The van der Waals surface area contributed by atoms with E-state index in [9.17, 15) is 0 Å². The summed E-state index contributed by atoms with van der Waals surface area (Å²) in [4.78, 5) is 3.92. The smallest absolute Gasteiger partial charge is 0.293 e. The van der Waals surface area contributed by atoms with Gasteiger partial charge in [-0.25, -0.2) is 0 Å². The van der Waals surface area contributed by atoms with Crippen molar-refractivity contribution in [3.8, 4) is 0 Å². The monoisotopic (exact) mass is 246 g/mol. The molecule has 1 aromatic carbocycles. The molecule has 3 nitrogen and oxygen atoms in total. The van der Waals surface area contributed by atoms with Gasteiger partial charge in [-0.3, -0.25) is 0 Å². The summed E-state index contributed by atoms with van der Waals surface area (Å²) in [5.41, 5.74) is 6.54. The second-order valence-corrected chi connectivity index (χ2v) is 3.49. The van der Waals surface area contributed by atoms with E-state index >= 15 is 0 Å². The van der Waals surface area contributed by atoms with Crippen molar-refractivity contribution in [2.75, 3.05) is 5.73 Å². The number of nitrogen functional groups attached to an aromatic ring is 1. The topological polar surface area (TPSA) is 52.0 Å². The van der Waals surface area contributed by atoms with Gasteiger partial charge in [0, 0.05) is 4.47 Å². The van der Waals surface area contributed by atoms with Crippen molar-refractivity contribution in [1.29, 1.82) is 0 Å². The molecule has 0 amide bonds. The highest BCUT2D eigenvalue weighted by atomic mass is 79.9. The van der Waals surface area contributed by atoms with Crippen molar-refractivity contribution in [1.82, 2.24) is 4.98 Å². The van der Waals surface area contributed by atoms with Gasteiger partial charge in [0.1, 0.15) is 5.52 Å². The molecule has 0 saturated heterocycles. The maximum absolute atomic E-state index is 5.90. The highest BCUT2D eigenvalue weighted by Crippen LogP contribution is 2.31. The Bertz CT molecular complexity index is 440. The molecule has 0 unspecified atom stereocenters. The first-order valence-corrected chi connectivity index (χ1v) is 4.35. The van der Waals surface area contributed by atoms with Crippen LogP contribution in [0.4, 0.5) is 6.01 Å². The molecule has 2 aromatic rings. The van der Waals surface area contributed by atoms with Gasteiger partial charge in [-0.2, -0.15) is 4.98 Å². The van der Waals surface area contributed by atoms with Crippen LogP contribution in [0.1, 0.15) is 0 Å². The van der Waals surface area contributed by atoms with Gasteiger partial charge < -0.3 is 10.2 Å². The Labute approximate surface area is 81.6 Å². The van der Waals surface area contributed by atoms with Gasteiger partial charge in [0.2, 0.25) is 0 Å². The lowest BCUT2D eigenvalue weighted by Crippen LogP contribution is -1.80. The van der Waals surface area contributed by atoms with E-state index in [1.165, 1.54) is 0 Å². The van der Waals surface area contributed by atoms with E-state index in [2.05, 4.69) is 20.9 Å². The molecular weight excluding hydrogens is 243 g/mol. The Morgan fingerprint density at radius 1 is 1.50 bits per heavy atom. The van der Waals surface area contributed by atoms with Gasteiger partial charge in [-0.05, 0) is 28.1 Å². The van der Waals surface area contributed by atoms with E-state index in [1.807, 2.05) is 0 Å². The van der Waals surface area contributed by atoms with Crippen molar-refractivity contribution in [2.24, 2.45) is 0 Å². The van der Waals surface area contributed by atoms with Crippen molar-refractivity contribution in [3.05, 3.63) is 21.6 Å². The van der Waals surface area contributed by atoms with Gasteiger partial charge in [0.25, 0.3) is 6.01 Å². The summed E-state index contributed by atoms with van der Waals surface area (Å²) in [5.74, 6) is 0. The first-order valence-electron chi connectivity index (χ1n) is 3.18. The largest absolute Gasteiger partial charge is 0.422 e. The molecule has 0 atom stereocenters. The van der Waals surface area contributed by atoms with Gasteiger partial charge in [-0.1, -0.05) is 11.6 Å². The molecule has 2 rings (SSSR count). The van der Waals surface area contributed by atoms with Crippen LogP contribution >= 0.6 is 27.5 Å². The Kier molecular flexibility index (Phi) is 1.73. The molecule has 0 fully saturated rings. The summed E-state index contributed by atoms with van der Waals surface area (Å²) in [6, 6.07) is 3.71.